The van der Waals surface area contributed by atoms with Crippen LogP contribution in [0.1, 0.15) is 11.7 Å². The number of hydroxylamine groups is 1. The van der Waals surface area contributed by atoms with Crippen LogP contribution in [0.3, 0.4) is 0 Å². The van der Waals surface area contributed by atoms with Gasteiger partial charge in [-0.25, -0.2) is 10.3 Å². The summed E-state index contributed by atoms with van der Waals surface area (Å²) in [6.07, 6.45) is 1.37. The Bertz CT molecular complexity index is 955. The number of methoxy groups -OCH3 is 1. The van der Waals surface area contributed by atoms with Crippen LogP contribution < -0.4 is 10.8 Å². The fraction of sp³-hybridized carbons (Fsp3) is 0.200. The molecule has 0 aliphatic heterocycles. The molecule has 2 amide bonds. The third-order valence-corrected chi connectivity index (χ3v) is 5.86. The second-order valence-corrected chi connectivity index (χ2v) is 8.69. The normalized spacial score (nSPS) is 12.9. The summed E-state index contributed by atoms with van der Waals surface area (Å²) in [5, 5.41) is 21.9. The molecule has 0 aliphatic carbocycles. The zero-order valence-electron chi connectivity index (χ0n) is 16.5. The van der Waals surface area contributed by atoms with Crippen LogP contribution >= 0.6 is 43.6 Å². The number of thioether (sulfide) groups is 1. The zero-order chi connectivity index (χ0) is 23.0. The lowest BCUT2D eigenvalue weighted by Gasteiger charge is -2.25. The molecule has 2 aromatic carbocycles. The van der Waals surface area contributed by atoms with Gasteiger partial charge < -0.3 is 14.6 Å². The Hall–Kier alpha value is -2.05. The second kappa shape index (κ2) is 12.1. The third-order valence-electron chi connectivity index (χ3n) is 4.05. The summed E-state index contributed by atoms with van der Waals surface area (Å²) in [5.74, 6) is -0.953. The molecule has 2 rings (SSSR count). The van der Waals surface area contributed by atoms with Gasteiger partial charge in [-0.1, -0.05) is 15.9 Å². The molecule has 0 saturated heterocycles. The van der Waals surface area contributed by atoms with Gasteiger partial charge in [-0.05, 0) is 64.7 Å². The second-order valence-electron chi connectivity index (χ2n) is 6.04. The van der Waals surface area contributed by atoms with Crippen LogP contribution in [0.4, 0.5) is 10.5 Å². The van der Waals surface area contributed by atoms with E-state index in [0.29, 0.717) is 14.6 Å². The SMILES string of the molecule is CO[C@H](/C=C/C(=O)NO)[C@H](OC(=O)Nc1ccc(SC)cc1)c1cc(Br)cc(Br)c1O. The van der Waals surface area contributed by atoms with Crippen LogP contribution in [-0.4, -0.2) is 41.8 Å². The molecular formula is C20H20Br2N2O6S. The van der Waals surface area contributed by atoms with E-state index in [4.69, 9.17) is 14.7 Å². The number of hydrogen-bond acceptors (Lipinski definition) is 7. The van der Waals surface area contributed by atoms with Crippen molar-refractivity contribution in [3.63, 3.8) is 0 Å². The minimum absolute atomic E-state index is 0.160. The number of phenolic OH excluding ortho intramolecular Hbond substituents is 1. The Labute approximate surface area is 200 Å². The van der Waals surface area contributed by atoms with Crippen LogP contribution in [0.15, 0.2) is 62.4 Å². The number of anilines is 1. The highest BCUT2D eigenvalue weighted by atomic mass is 79.9. The largest absolute Gasteiger partial charge is 0.506 e. The van der Waals surface area contributed by atoms with E-state index >= 15 is 0 Å². The molecule has 4 N–H and O–H groups in total. The number of ether oxygens (including phenoxy) is 2. The van der Waals surface area contributed by atoms with Crippen molar-refractivity contribution in [2.45, 2.75) is 17.1 Å². The van der Waals surface area contributed by atoms with Gasteiger partial charge in [-0.15, -0.1) is 11.8 Å². The Morgan fingerprint density at radius 2 is 1.87 bits per heavy atom. The van der Waals surface area contributed by atoms with Crippen molar-refractivity contribution in [1.29, 1.82) is 0 Å². The van der Waals surface area contributed by atoms with Crippen LogP contribution in [0.5, 0.6) is 5.75 Å². The molecule has 11 heteroatoms. The number of benzene rings is 2. The van der Waals surface area contributed by atoms with Crippen LogP contribution in [-0.2, 0) is 14.3 Å². The highest BCUT2D eigenvalue weighted by Gasteiger charge is 2.29. The van der Waals surface area contributed by atoms with Gasteiger partial charge in [0.05, 0.1) is 4.47 Å². The smallest absolute Gasteiger partial charge is 0.412 e. The Morgan fingerprint density at radius 1 is 1.19 bits per heavy atom. The fourth-order valence-electron chi connectivity index (χ4n) is 2.57. The first-order valence-corrected chi connectivity index (χ1v) is 11.5. The topological polar surface area (TPSA) is 117 Å². The van der Waals surface area contributed by atoms with E-state index in [0.717, 1.165) is 11.0 Å². The summed E-state index contributed by atoms with van der Waals surface area (Å²) in [5.41, 5.74) is 2.22. The summed E-state index contributed by atoms with van der Waals surface area (Å²) < 4.78 is 11.9. The van der Waals surface area contributed by atoms with Crippen molar-refractivity contribution >= 4 is 61.3 Å². The maximum atomic E-state index is 12.6. The Kier molecular flexibility index (Phi) is 9.85. The molecule has 0 unspecified atom stereocenters. The van der Waals surface area contributed by atoms with E-state index in [9.17, 15) is 14.7 Å². The van der Waals surface area contributed by atoms with Gasteiger partial charge in [0, 0.05) is 33.8 Å². The first-order chi connectivity index (χ1) is 14.8. The lowest BCUT2D eigenvalue weighted by atomic mass is 10.0. The van der Waals surface area contributed by atoms with Crippen molar-refractivity contribution in [2.75, 3.05) is 18.7 Å². The summed E-state index contributed by atoms with van der Waals surface area (Å²) in [4.78, 5) is 25.0. The van der Waals surface area contributed by atoms with Gasteiger partial charge in [0.25, 0.3) is 5.91 Å². The molecule has 0 heterocycles. The monoisotopic (exact) mass is 574 g/mol. The molecule has 0 aromatic heterocycles. The Balaban J connectivity index is 2.35. The van der Waals surface area contributed by atoms with E-state index in [1.807, 2.05) is 18.4 Å². The molecule has 2 atom stereocenters. The number of carbonyl (C=O) groups is 2. The maximum absolute atomic E-state index is 12.6. The molecular weight excluding hydrogens is 556 g/mol. The van der Waals surface area contributed by atoms with Gasteiger partial charge in [0.1, 0.15) is 11.9 Å². The molecule has 0 spiro atoms. The molecule has 2 aromatic rings. The quantitative estimate of drug-likeness (QED) is 0.151. The minimum Gasteiger partial charge on any atom is -0.506 e. The van der Waals surface area contributed by atoms with E-state index in [-0.39, 0.29) is 11.3 Å². The minimum atomic E-state index is -1.13. The number of halogens is 2. The summed E-state index contributed by atoms with van der Waals surface area (Å²) in [6.45, 7) is 0. The lowest BCUT2D eigenvalue weighted by Crippen LogP contribution is -2.27. The van der Waals surface area contributed by atoms with Crippen molar-refractivity contribution in [1.82, 2.24) is 5.48 Å². The average molecular weight is 576 g/mol. The standard InChI is InChI=1S/C20H20Br2N2O6S/c1-29-16(7-8-17(25)24-28)19(14-9-11(21)10-15(22)18(14)26)30-20(27)23-12-3-5-13(31-2)6-4-12/h3-10,16,19,26,28H,1-2H3,(H,23,27)(H,24,25)/b8-7+/t16-,19-/m1/s1. The zero-order valence-corrected chi connectivity index (χ0v) is 20.5. The van der Waals surface area contributed by atoms with E-state index in [1.165, 1.54) is 18.7 Å². The van der Waals surface area contributed by atoms with Gasteiger partial charge in [0.2, 0.25) is 0 Å². The van der Waals surface area contributed by atoms with E-state index in [2.05, 4.69) is 37.2 Å². The van der Waals surface area contributed by atoms with Gasteiger partial charge in [-0.3, -0.25) is 15.3 Å². The Morgan fingerprint density at radius 3 is 2.45 bits per heavy atom. The lowest BCUT2D eigenvalue weighted by molar-refractivity contribution is -0.124. The van der Waals surface area contributed by atoms with Crippen molar-refractivity contribution in [3.05, 3.63) is 63.1 Å². The van der Waals surface area contributed by atoms with Crippen LogP contribution in [0, 0.1) is 0 Å². The fourth-order valence-corrected chi connectivity index (χ4v) is 4.24. The highest BCUT2D eigenvalue weighted by Crippen LogP contribution is 2.39. The number of hydrogen-bond donors (Lipinski definition) is 4. The van der Waals surface area contributed by atoms with Crippen molar-refractivity contribution in [3.8, 4) is 5.75 Å². The van der Waals surface area contributed by atoms with E-state index < -0.39 is 24.2 Å². The first-order valence-electron chi connectivity index (χ1n) is 8.73. The average Bonchev–Trinajstić information content (AvgIpc) is 2.76. The van der Waals surface area contributed by atoms with Crippen molar-refractivity contribution < 1.29 is 29.4 Å². The van der Waals surface area contributed by atoms with Crippen LogP contribution in [0.2, 0.25) is 0 Å². The number of nitrogens with one attached hydrogen (secondary N) is 2. The number of phenols is 1. The predicted octanol–water partition coefficient (Wildman–Crippen LogP) is 5.01. The number of aromatic hydroxyl groups is 1. The summed E-state index contributed by atoms with van der Waals surface area (Å²) in [7, 11) is 1.35. The molecule has 0 bridgehead atoms. The van der Waals surface area contributed by atoms with E-state index in [1.54, 1.807) is 36.0 Å². The maximum Gasteiger partial charge on any atom is 0.412 e. The van der Waals surface area contributed by atoms with Gasteiger partial charge in [-0.2, -0.15) is 0 Å². The highest BCUT2D eigenvalue weighted by molar-refractivity contribution is 9.11. The van der Waals surface area contributed by atoms with Gasteiger partial charge >= 0.3 is 6.09 Å². The summed E-state index contributed by atoms with van der Waals surface area (Å²) in [6, 6.07) is 10.4. The molecule has 0 fully saturated rings. The van der Waals surface area contributed by atoms with Crippen molar-refractivity contribution in [2.24, 2.45) is 0 Å². The molecule has 8 nitrogen and oxygen atoms in total. The molecule has 31 heavy (non-hydrogen) atoms. The number of carbonyl (C=O) groups excluding carboxylic acids is 2. The van der Waals surface area contributed by atoms with Gasteiger partial charge in [0.15, 0.2) is 6.10 Å². The molecule has 0 saturated carbocycles. The van der Waals surface area contributed by atoms with Crippen LogP contribution in [0.25, 0.3) is 0 Å². The first kappa shape index (κ1) is 25.2. The summed E-state index contributed by atoms with van der Waals surface area (Å²) >= 11 is 8.16. The predicted molar refractivity (Wildman–Crippen MR) is 124 cm³/mol. The molecule has 0 aliphatic rings. The number of amides is 2. The third kappa shape index (κ3) is 7.25. The molecule has 166 valence electrons. The number of rotatable bonds is 8. The molecule has 0 radical (unpaired) electrons.